The Morgan fingerprint density at radius 1 is 1.09 bits per heavy atom. The summed E-state index contributed by atoms with van der Waals surface area (Å²) in [5, 5.41) is 9.93. The summed E-state index contributed by atoms with van der Waals surface area (Å²) in [7, 11) is -2.92. The first-order valence-corrected chi connectivity index (χ1v) is 14.2. The molecule has 3 fully saturated rings. The lowest BCUT2D eigenvalue weighted by Crippen LogP contribution is -2.62. The second kappa shape index (κ2) is 7.47. The van der Waals surface area contributed by atoms with E-state index in [2.05, 4.69) is 34.5 Å². The summed E-state index contributed by atoms with van der Waals surface area (Å²) >= 11 is 6.36. The maximum Gasteiger partial charge on any atom is 0.153 e. The Bertz CT molecular complexity index is 1430. The SMILES string of the molecule is Cc1cncc(N2CC3(CC(c4nnc5n4-c4ccc(Cl)cc4CN(C4CS(=O)(=O)C4)C5)C3)C2)n1. The molecule has 11 heteroatoms. The minimum absolute atomic E-state index is 0.0104. The molecular weight excluding hydrogens is 486 g/mol. The molecule has 3 aliphatic heterocycles. The van der Waals surface area contributed by atoms with Crippen LogP contribution in [0.4, 0.5) is 5.82 Å². The fourth-order valence-corrected chi connectivity index (χ4v) is 7.97. The molecule has 182 valence electrons. The van der Waals surface area contributed by atoms with Gasteiger partial charge in [0.15, 0.2) is 15.7 Å². The first-order valence-electron chi connectivity index (χ1n) is 12.0. The second-order valence-electron chi connectivity index (χ2n) is 10.7. The van der Waals surface area contributed by atoms with Gasteiger partial charge in [-0.3, -0.25) is 14.5 Å². The number of hydrogen-bond donors (Lipinski definition) is 0. The normalized spacial score (nSPS) is 23.1. The van der Waals surface area contributed by atoms with Crippen LogP contribution in [0, 0.1) is 12.3 Å². The number of nitrogens with zero attached hydrogens (tertiary/aromatic N) is 7. The molecule has 5 heterocycles. The second-order valence-corrected chi connectivity index (χ2v) is 13.3. The summed E-state index contributed by atoms with van der Waals surface area (Å²) in [5.41, 5.74) is 3.39. The van der Waals surface area contributed by atoms with Gasteiger partial charge in [-0.25, -0.2) is 13.4 Å². The third kappa shape index (κ3) is 3.56. The number of halogens is 1. The lowest BCUT2D eigenvalue weighted by Gasteiger charge is -2.59. The molecule has 1 saturated carbocycles. The number of aromatic nitrogens is 5. The van der Waals surface area contributed by atoms with Gasteiger partial charge < -0.3 is 4.90 Å². The van der Waals surface area contributed by atoms with Crippen LogP contribution in [0.3, 0.4) is 0 Å². The molecule has 0 unspecified atom stereocenters. The maximum atomic E-state index is 11.8. The molecule has 0 radical (unpaired) electrons. The van der Waals surface area contributed by atoms with E-state index in [1.165, 1.54) is 0 Å². The van der Waals surface area contributed by atoms with Gasteiger partial charge in [0, 0.05) is 48.2 Å². The van der Waals surface area contributed by atoms with Crippen LogP contribution in [0.5, 0.6) is 0 Å². The Morgan fingerprint density at radius 2 is 1.89 bits per heavy atom. The summed E-state index contributed by atoms with van der Waals surface area (Å²) in [6.45, 7) is 5.20. The van der Waals surface area contributed by atoms with E-state index in [4.69, 9.17) is 11.6 Å². The summed E-state index contributed by atoms with van der Waals surface area (Å²) in [6.07, 6.45) is 5.78. The zero-order chi connectivity index (χ0) is 23.9. The molecule has 0 atom stereocenters. The standard InChI is InChI=1S/C24H26ClN7O2S/c1-15-7-26-8-21(27-15)31-13-24(14-31)5-17(6-24)23-29-28-22-10-30(19-11-35(33,34)12-19)9-16-4-18(25)2-3-20(16)32(22)23/h2-4,7-8,17,19H,5-6,9-14H2,1H3. The van der Waals surface area contributed by atoms with Crippen molar-refractivity contribution in [1.82, 2.24) is 29.6 Å². The molecular formula is C24H26ClN7O2S. The van der Waals surface area contributed by atoms with Crippen LogP contribution < -0.4 is 4.90 Å². The Kier molecular flexibility index (Phi) is 4.63. The van der Waals surface area contributed by atoms with Crippen LogP contribution in [0.2, 0.25) is 5.02 Å². The highest BCUT2D eigenvalue weighted by atomic mass is 35.5. The topological polar surface area (TPSA) is 97.1 Å². The Morgan fingerprint density at radius 3 is 2.63 bits per heavy atom. The predicted octanol–water partition coefficient (Wildman–Crippen LogP) is 2.52. The van der Waals surface area contributed by atoms with Crippen molar-refractivity contribution < 1.29 is 8.42 Å². The fraction of sp³-hybridized carbons (Fsp3) is 0.500. The quantitative estimate of drug-likeness (QED) is 0.529. The zero-order valence-corrected chi connectivity index (χ0v) is 21.0. The van der Waals surface area contributed by atoms with Crippen LogP contribution in [-0.4, -0.2) is 68.7 Å². The minimum atomic E-state index is -2.92. The molecule has 4 aliphatic rings. The van der Waals surface area contributed by atoms with Crippen molar-refractivity contribution in [3.05, 3.63) is 58.5 Å². The first-order chi connectivity index (χ1) is 16.8. The highest BCUT2D eigenvalue weighted by Gasteiger charge is 2.54. The molecule has 0 bridgehead atoms. The van der Waals surface area contributed by atoms with Crippen molar-refractivity contribution in [3.8, 4) is 5.69 Å². The van der Waals surface area contributed by atoms with E-state index in [1.54, 1.807) is 6.20 Å². The van der Waals surface area contributed by atoms with Crippen LogP contribution >= 0.6 is 11.6 Å². The number of fused-ring (bicyclic) bond motifs is 3. The van der Waals surface area contributed by atoms with E-state index in [0.29, 0.717) is 29.4 Å². The Hall–Kier alpha value is -2.56. The summed E-state index contributed by atoms with van der Waals surface area (Å²) in [6, 6.07) is 5.96. The van der Waals surface area contributed by atoms with E-state index in [0.717, 1.165) is 60.3 Å². The van der Waals surface area contributed by atoms with Gasteiger partial charge in [0.2, 0.25) is 0 Å². The third-order valence-corrected chi connectivity index (χ3v) is 10.0. The molecule has 7 rings (SSSR count). The van der Waals surface area contributed by atoms with Crippen molar-refractivity contribution in [3.63, 3.8) is 0 Å². The van der Waals surface area contributed by atoms with Crippen LogP contribution in [-0.2, 0) is 22.9 Å². The molecule has 9 nitrogen and oxygen atoms in total. The minimum Gasteiger partial charge on any atom is -0.354 e. The molecule has 2 aromatic heterocycles. The van der Waals surface area contributed by atoms with Crippen molar-refractivity contribution in [2.75, 3.05) is 29.5 Å². The number of aryl methyl sites for hydroxylation is 1. The van der Waals surface area contributed by atoms with Gasteiger partial charge in [-0.2, -0.15) is 0 Å². The van der Waals surface area contributed by atoms with Gasteiger partial charge in [-0.15, -0.1) is 10.2 Å². The monoisotopic (exact) mass is 511 g/mol. The van der Waals surface area contributed by atoms with Crippen LogP contribution in [0.1, 0.15) is 41.7 Å². The van der Waals surface area contributed by atoms with Crippen LogP contribution in [0.15, 0.2) is 30.6 Å². The molecule has 3 aromatic rings. The predicted molar refractivity (Wildman–Crippen MR) is 131 cm³/mol. The lowest BCUT2D eigenvalue weighted by molar-refractivity contribution is 0.0581. The smallest absolute Gasteiger partial charge is 0.153 e. The number of benzene rings is 1. The van der Waals surface area contributed by atoms with E-state index in [-0.39, 0.29) is 17.5 Å². The molecule has 35 heavy (non-hydrogen) atoms. The lowest BCUT2D eigenvalue weighted by atomic mass is 9.57. The highest BCUT2D eigenvalue weighted by molar-refractivity contribution is 7.92. The maximum absolute atomic E-state index is 11.8. The molecule has 2 saturated heterocycles. The summed E-state index contributed by atoms with van der Waals surface area (Å²) in [5.74, 6) is 3.59. The van der Waals surface area contributed by atoms with Gasteiger partial charge in [0.05, 0.1) is 35.6 Å². The molecule has 1 spiro atoms. The molecule has 0 N–H and O–H groups in total. The Labute approximate surface area is 209 Å². The average molecular weight is 512 g/mol. The van der Waals surface area contributed by atoms with E-state index < -0.39 is 9.84 Å². The third-order valence-electron chi connectivity index (χ3n) is 8.01. The van der Waals surface area contributed by atoms with Crippen molar-refractivity contribution in [1.29, 1.82) is 0 Å². The van der Waals surface area contributed by atoms with Crippen molar-refractivity contribution in [2.45, 2.75) is 44.8 Å². The van der Waals surface area contributed by atoms with Crippen molar-refractivity contribution >= 4 is 27.3 Å². The van der Waals surface area contributed by atoms with Gasteiger partial charge in [0.1, 0.15) is 11.6 Å². The zero-order valence-electron chi connectivity index (χ0n) is 19.4. The fourth-order valence-electron chi connectivity index (χ4n) is 6.28. The van der Waals surface area contributed by atoms with Gasteiger partial charge in [0.25, 0.3) is 0 Å². The summed E-state index contributed by atoms with van der Waals surface area (Å²) in [4.78, 5) is 13.4. The largest absolute Gasteiger partial charge is 0.354 e. The van der Waals surface area contributed by atoms with Crippen LogP contribution in [0.25, 0.3) is 5.69 Å². The van der Waals surface area contributed by atoms with E-state index in [9.17, 15) is 8.42 Å². The van der Waals surface area contributed by atoms with Gasteiger partial charge >= 0.3 is 0 Å². The van der Waals surface area contributed by atoms with Gasteiger partial charge in [-0.05, 0) is 43.5 Å². The number of anilines is 1. The van der Waals surface area contributed by atoms with Crippen molar-refractivity contribution in [2.24, 2.45) is 5.41 Å². The Balaban J connectivity index is 1.14. The van der Waals surface area contributed by atoms with Gasteiger partial charge in [-0.1, -0.05) is 11.6 Å². The average Bonchev–Trinajstić information content (AvgIpc) is 3.05. The highest BCUT2D eigenvalue weighted by Crippen LogP contribution is 2.56. The van der Waals surface area contributed by atoms with E-state index in [1.807, 2.05) is 31.3 Å². The summed E-state index contributed by atoms with van der Waals surface area (Å²) < 4.78 is 25.9. The number of hydrogen-bond acceptors (Lipinski definition) is 8. The molecule has 0 amide bonds. The number of rotatable bonds is 3. The molecule has 1 aromatic carbocycles. The number of sulfone groups is 1. The first kappa shape index (κ1) is 21.7. The molecule has 1 aliphatic carbocycles. The van der Waals surface area contributed by atoms with E-state index >= 15 is 0 Å².